The lowest BCUT2D eigenvalue weighted by atomic mass is 9.85. The van der Waals surface area contributed by atoms with Crippen LogP contribution in [-0.4, -0.2) is 26.7 Å². The molecule has 0 fully saturated rings. The topological polar surface area (TPSA) is 24.5 Å². The van der Waals surface area contributed by atoms with Crippen molar-refractivity contribution in [1.29, 1.82) is 0 Å². The monoisotopic (exact) mass is 232 g/mol. The number of nitrogens with zero attached hydrogens (tertiary/aromatic N) is 1. The first-order chi connectivity index (χ1) is 8.24. The van der Waals surface area contributed by atoms with Crippen molar-refractivity contribution in [2.45, 2.75) is 25.5 Å². The Hall–Kier alpha value is -1.06. The number of rotatable bonds is 1. The molecule has 1 atom stereocenters. The van der Waals surface area contributed by atoms with E-state index in [1.54, 1.807) is 0 Å². The molecule has 2 heterocycles. The third-order valence-corrected chi connectivity index (χ3v) is 4.19. The van der Waals surface area contributed by atoms with Crippen molar-refractivity contribution >= 4 is 5.69 Å². The number of methoxy groups -OCH3 is 1. The molecule has 0 amide bonds. The van der Waals surface area contributed by atoms with Crippen molar-refractivity contribution in [3.8, 4) is 0 Å². The molecule has 1 aromatic carbocycles. The number of hydrogen-bond acceptors (Lipinski definition) is 3. The molecular formula is C14H20N2O. The predicted octanol–water partition coefficient (Wildman–Crippen LogP) is 1.86. The van der Waals surface area contributed by atoms with E-state index in [0.29, 0.717) is 0 Å². The van der Waals surface area contributed by atoms with Gasteiger partial charge in [-0.25, -0.2) is 0 Å². The molecule has 1 N–H and O–H groups in total. The molecule has 0 aromatic heterocycles. The molecular weight excluding hydrogens is 212 g/mol. The minimum Gasteiger partial charge on any atom is -0.374 e. The number of anilines is 1. The third kappa shape index (κ3) is 1.65. The fourth-order valence-corrected chi connectivity index (χ4v) is 3.00. The molecule has 3 nitrogen and oxygen atoms in total. The van der Waals surface area contributed by atoms with Crippen molar-refractivity contribution in [2.75, 3.05) is 31.6 Å². The van der Waals surface area contributed by atoms with Gasteiger partial charge in [-0.1, -0.05) is 18.2 Å². The normalized spacial score (nSPS) is 27.5. The van der Waals surface area contributed by atoms with Crippen molar-refractivity contribution in [2.24, 2.45) is 0 Å². The zero-order valence-electron chi connectivity index (χ0n) is 10.6. The van der Waals surface area contributed by atoms with Crippen LogP contribution in [-0.2, 0) is 16.9 Å². The van der Waals surface area contributed by atoms with Crippen molar-refractivity contribution in [3.63, 3.8) is 0 Å². The van der Waals surface area contributed by atoms with Crippen LogP contribution in [0.1, 0.15) is 24.5 Å². The number of nitrogens with one attached hydrogen (secondary N) is 1. The summed E-state index contributed by atoms with van der Waals surface area (Å²) in [5.41, 5.74) is 4.05. The van der Waals surface area contributed by atoms with E-state index in [1.165, 1.54) is 16.8 Å². The molecule has 0 saturated carbocycles. The van der Waals surface area contributed by atoms with E-state index in [2.05, 4.69) is 35.3 Å². The van der Waals surface area contributed by atoms with Gasteiger partial charge in [0.2, 0.25) is 0 Å². The molecule has 2 aliphatic rings. The maximum Gasteiger partial charge on any atom is 0.0936 e. The highest BCUT2D eigenvalue weighted by molar-refractivity contribution is 5.64. The Morgan fingerprint density at radius 3 is 3.06 bits per heavy atom. The summed E-state index contributed by atoms with van der Waals surface area (Å²) in [7, 11) is 1.82. The molecule has 3 rings (SSSR count). The van der Waals surface area contributed by atoms with Gasteiger partial charge in [-0.3, -0.25) is 0 Å². The summed E-state index contributed by atoms with van der Waals surface area (Å²) >= 11 is 0. The van der Waals surface area contributed by atoms with Crippen LogP contribution >= 0.6 is 0 Å². The van der Waals surface area contributed by atoms with Crippen LogP contribution in [0.15, 0.2) is 18.2 Å². The Kier molecular flexibility index (Phi) is 2.60. The second-order valence-corrected chi connectivity index (χ2v) is 5.16. The summed E-state index contributed by atoms with van der Waals surface area (Å²) in [6.07, 6.45) is 1.07. The summed E-state index contributed by atoms with van der Waals surface area (Å²) < 4.78 is 5.77. The van der Waals surface area contributed by atoms with Crippen molar-refractivity contribution < 1.29 is 4.74 Å². The van der Waals surface area contributed by atoms with Gasteiger partial charge in [0.25, 0.3) is 0 Å². The molecule has 17 heavy (non-hydrogen) atoms. The first kappa shape index (κ1) is 11.1. The third-order valence-electron chi connectivity index (χ3n) is 4.19. The van der Waals surface area contributed by atoms with Crippen LogP contribution in [0, 0.1) is 0 Å². The fraction of sp³-hybridized carbons (Fsp3) is 0.571. The largest absolute Gasteiger partial charge is 0.374 e. The summed E-state index contributed by atoms with van der Waals surface area (Å²) in [5, 5.41) is 3.49. The van der Waals surface area contributed by atoms with Gasteiger partial charge in [-0.2, -0.15) is 0 Å². The van der Waals surface area contributed by atoms with Crippen molar-refractivity contribution in [3.05, 3.63) is 29.3 Å². The lowest BCUT2D eigenvalue weighted by molar-refractivity contribution is -0.00700. The van der Waals surface area contributed by atoms with Gasteiger partial charge in [0, 0.05) is 44.5 Å². The Morgan fingerprint density at radius 2 is 2.24 bits per heavy atom. The van der Waals surface area contributed by atoms with Crippen LogP contribution in [0.4, 0.5) is 5.69 Å². The van der Waals surface area contributed by atoms with E-state index in [0.717, 1.165) is 32.6 Å². The quantitative estimate of drug-likeness (QED) is 0.800. The lowest BCUT2D eigenvalue weighted by Crippen LogP contribution is -2.41. The predicted molar refractivity (Wildman–Crippen MR) is 69.3 cm³/mol. The average molecular weight is 232 g/mol. The van der Waals surface area contributed by atoms with Crippen LogP contribution in [0.2, 0.25) is 0 Å². The van der Waals surface area contributed by atoms with Crippen LogP contribution in [0.5, 0.6) is 0 Å². The molecule has 0 saturated heterocycles. The number of hydrogen-bond donors (Lipinski definition) is 1. The second-order valence-electron chi connectivity index (χ2n) is 5.16. The summed E-state index contributed by atoms with van der Waals surface area (Å²) in [5.74, 6) is 0. The van der Waals surface area contributed by atoms with Crippen LogP contribution < -0.4 is 10.2 Å². The second kappa shape index (κ2) is 4.00. The minimum atomic E-state index is -0.119. The van der Waals surface area contributed by atoms with E-state index in [1.807, 2.05) is 7.11 Å². The SMILES string of the molecule is COC1(C)CCN2CCNCc3cccc1c32. The van der Waals surface area contributed by atoms with Gasteiger partial charge in [0.1, 0.15) is 0 Å². The highest BCUT2D eigenvalue weighted by atomic mass is 16.5. The van der Waals surface area contributed by atoms with Gasteiger partial charge in [-0.15, -0.1) is 0 Å². The molecule has 2 aliphatic heterocycles. The summed E-state index contributed by atoms with van der Waals surface area (Å²) in [4.78, 5) is 2.51. The molecule has 1 unspecified atom stereocenters. The highest BCUT2D eigenvalue weighted by Gasteiger charge is 2.36. The standard InChI is InChI=1S/C14H20N2O/c1-14(17-2)6-8-16-9-7-15-10-11-4-3-5-12(14)13(11)16/h3-5,15H,6-10H2,1-2H3. The first-order valence-electron chi connectivity index (χ1n) is 6.38. The molecule has 0 radical (unpaired) electrons. The smallest absolute Gasteiger partial charge is 0.0936 e. The van der Waals surface area contributed by atoms with Gasteiger partial charge >= 0.3 is 0 Å². The van der Waals surface area contributed by atoms with Gasteiger partial charge in [0.15, 0.2) is 0 Å². The number of ether oxygens (including phenoxy) is 1. The number of para-hydroxylation sites is 1. The fourth-order valence-electron chi connectivity index (χ4n) is 3.00. The lowest BCUT2D eigenvalue weighted by Gasteiger charge is -2.41. The van der Waals surface area contributed by atoms with E-state index in [9.17, 15) is 0 Å². The molecule has 0 spiro atoms. The van der Waals surface area contributed by atoms with Crippen LogP contribution in [0.3, 0.4) is 0 Å². The first-order valence-corrected chi connectivity index (χ1v) is 6.38. The Morgan fingerprint density at radius 1 is 1.35 bits per heavy atom. The maximum atomic E-state index is 5.77. The average Bonchev–Trinajstić information content (AvgIpc) is 2.57. The minimum absolute atomic E-state index is 0.119. The van der Waals surface area contributed by atoms with Gasteiger partial charge in [0.05, 0.1) is 5.60 Å². The van der Waals surface area contributed by atoms with E-state index in [4.69, 9.17) is 4.74 Å². The van der Waals surface area contributed by atoms with Gasteiger partial charge < -0.3 is 15.0 Å². The van der Waals surface area contributed by atoms with Crippen LogP contribution in [0.25, 0.3) is 0 Å². The maximum absolute atomic E-state index is 5.77. The highest BCUT2D eigenvalue weighted by Crippen LogP contribution is 2.42. The van der Waals surface area contributed by atoms with E-state index >= 15 is 0 Å². The zero-order chi connectivity index (χ0) is 11.9. The Balaban J connectivity index is 2.17. The molecule has 0 bridgehead atoms. The van der Waals surface area contributed by atoms with Crippen molar-refractivity contribution in [1.82, 2.24) is 5.32 Å². The van der Waals surface area contributed by atoms with E-state index < -0.39 is 0 Å². The molecule has 92 valence electrons. The van der Waals surface area contributed by atoms with Gasteiger partial charge in [-0.05, 0) is 18.9 Å². The zero-order valence-corrected chi connectivity index (χ0v) is 10.6. The Labute approximate surface area is 103 Å². The number of benzene rings is 1. The molecule has 1 aromatic rings. The summed E-state index contributed by atoms with van der Waals surface area (Å²) in [6.45, 7) is 6.44. The van der Waals surface area contributed by atoms with E-state index in [-0.39, 0.29) is 5.60 Å². The molecule has 0 aliphatic carbocycles. The molecule has 3 heteroatoms. The summed E-state index contributed by atoms with van der Waals surface area (Å²) in [6, 6.07) is 6.60. The Bertz CT molecular complexity index is 432.